The molecule has 0 saturated carbocycles. The van der Waals surface area contributed by atoms with Crippen molar-refractivity contribution in [2.45, 2.75) is 17.1 Å². The molecule has 2 aromatic carbocycles. The van der Waals surface area contributed by atoms with Crippen molar-refractivity contribution in [3.63, 3.8) is 0 Å². The van der Waals surface area contributed by atoms with Crippen LogP contribution in [0, 0.1) is 23.5 Å². The highest BCUT2D eigenvalue weighted by Crippen LogP contribution is 2.26. The first-order chi connectivity index (χ1) is 10.2. The van der Waals surface area contributed by atoms with Gasteiger partial charge in [0, 0.05) is 22.6 Å². The van der Waals surface area contributed by atoms with Crippen molar-refractivity contribution in [2.24, 2.45) is 0 Å². The highest BCUT2D eigenvalue weighted by molar-refractivity contribution is 7.98. The molecule has 0 aromatic heterocycles. The van der Waals surface area contributed by atoms with Gasteiger partial charge in [0.05, 0.1) is 6.61 Å². The van der Waals surface area contributed by atoms with E-state index in [4.69, 9.17) is 5.11 Å². The fourth-order valence-electron chi connectivity index (χ4n) is 1.68. The third-order valence-electron chi connectivity index (χ3n) is 2.74. The predicted molar refractivity (Wildman–Crippen MR) is 80.9 cm³/mol. The molecule has 0 bridgehead atoms. The molecule has 0 aliphatic rings. The Labute approximate surface area is 127 Å². The van der Waals surface area contributed by atoms with Gasteiger partial charge in [-0.2, -0.15) is 0 Å². The highest BCUT2D eigenvalue weighted by Gasteiger charge is 2.06. The molecule has 0 radical (unpaired) electrons. The van der Waals surface area contributed by atoms with E-state index in [1.54, 1.807) is 30.3 Å². The first-order valence-electron chi connectivity index (χ1n) is 6.46. The van der Waals surface area contributed by atoms with Gasteiger partial charge in [-0.3, -0.25) is 0 Å². The molecule has 2 aromatic rings. The fraction of sp³-hybridized carbons (Fsp3) is 0.176. The van der Waals surface area contributed by atoms with Gasteiger partial charge in [-0.15, -0.1) is 11.8 Å². The molecule has 0 aliphatic carbocycles. The van der Waals surface area contributed by atoms with Crippen molar-refractivity contribution in [3.05, 3.63) is 65.2 Å². The zero-order chi connectivity index (χ0) is 15.1. The van der Waals surface area contributed by atoms with Crippen LogP contribution in [0.15, 0.2) is 47.4 Å². The average molecular weight is 304 g/mol. The van der Waals surface area contributed by atoms with Crippen LogP contribution < -0.4 is 0 Å². The first kappa shape index (κ1) is 15.6. The number of thioether (sulfide) groups is 1. The van der Waals surface area contributed by atoms with Crippen LogP contribution in [0.1, 0.15) is 17.5 Å². The summed E-state index contributed by atoms with van der Waals surface area (Å²) in [6.45, 7) is -0.00710. The summed E-state index contributed by atoms with van der Waals surface area (Å²) in [6.07, 6.45) is 0.368. The Morgan fingerprint density at radius 1 is 1.05 bits per heavy atom. The Hall–Kier alpha value is -1.83. The minimum atomic E-state index is -0.352. The maximum atomic E-state index is 13.9. The van der Waals surface area contributed by atoms with Crippen LogP contribution in [0.25, 0.3) is 0 Å². The maximum absolute atomic E-state index is 13.9. The molecule has 2 rings (SSSR count). The van der Waals surface area contributed by atoms with Gasteiger partial charge >= 0.3 is 0 Å². The van der Waals surface area contributed by atoms with Crippen molar-refractivity contribution >= 4 is 11.8 Å². The molecule has 0 saturated heterocycles. The van der Waals surface area contributed by atoms with Gasteiger partial charge in [-0.25, -0.2) is 8.78 Å². The quantitative estimate of drug-likeness (QED) is 0.681. The number of aliphatic hydroxyl groups is 1. The van der Waals surface area contributed by atoms with Crippen LogP contribution in [0.5, 0.6) is 0 Å². The summed E-state index contributed by atoms with van der Waals surface area (Å²) in [5.74, 6) is 5.23. The molecule has 1 N–H and O–H groups in total. The molecule has 108 valence electrons. The monoisotopic (exact) mass is 304 g/mol. The molecule has 0 atom stereocenters. The largest absolute Gasteiger partial charge is 0.395 e. The van der Waals surface area contributed by atoms with Gasteiger partial charge in [-0.05, 0) is 29.8 Å². The second kappa shape index (κ2) is 7.82. The summed E-state index contributed by atoms with van der Waals surface area (Å²) < 4.78 is 27.4. The molecule has 0 heterocycles. The van der Waals surface area contributed by atoms with Gasteiger partial charge in [0.15, 0.2) is 0 Å². The molecular formula is C17H14F2OS. The van der Waals surface area contributed by atoms with E-state index in [1.165, 1.54) is 23.9 Å². The van der Waals surface area contributed by atoms with Crippen LogP contribution in [0.4, 0.5) is 8.78 Å². The van der Waals surface area contributed by atoms with Gasteiger partial charge < -0.3 is 5.11 Å². The van der Waals surface area contributed by atoms with Crippen molar-refractivity contribution in [1.82, 2.24) is 0 Å². The number of hydrogen-bond acceptors (Lipinski definition) is 2. The molecule has 0 spiro atoms. The molecule has 0 aliphatic heterocycles. The lowest BCUT2D eigenvalue weighted by Crippen LogP contribution is -1.90. The van der Waals surface area contributed by atoms with Crippen LogP contribution >= 0.6 is 11.8 Å². The van der Waals surface area contributed by atoms with Crippen LogP contribution in [0.3, 0.4) is 0 Å². The predicted octanol–water partition coefficient (Wildman–Crippen LogP) is 3.99. The van der Waals surface area contributed by atoms with Gasteiger partial charge in [0.25, 0.3) is 0 Å². The lowest BCUT2D eigenvalue weighted by molar-refractivity contribution is 0.305. The molecule has 21 heavy (non-hydrogen) atoms. The number of halogens is 2. The Morgan fingerprint density at radius 2 is 1.86 bits per heavy atom. The van der Waals surface area contributed by atoms with Gasteiger partial charge in [0.2, 0.25) is 0 Å². The number of aliphatic hydroxyl groups excluding tert-OH is 1. The molecule has 0 fully saturated rings. The van der Waals surface area contributed by atoms with E-state index in [9.17, 15) is 8.78 Å². The van der Waals surface area contributed by atoms with Crippen LogP contribution in [0.2, 0.25) is 0 Å². The second-order valence-corrected chi connectivity index (χ2v) is 5.32. The Bertz CT molecular complexity index is 674. The van der Waals surface area contributed by atoms with Crippen molar-refractivity contribution < 1.29 is 13.9 Å². The minimum Gasteiger partial charge on any atom is -0.395 e. The number of benzene rings is 2. The van der Waals surface area contributed by atoms with Crippen molar-refractivity contribution in [1.29, 1.82) is 0 Å². The van der Waals surface area contributed by atoms with Crippen LogP contribution in [-0.2, 0) is 5.75 Å². The summed E-state index contributed by atoms with van der Waals surface area (Å²) in [7, 11) is 0. The summed E-state index contributed by atoms with van der Waals surface area (Å²) in [6, 6.07) is 11.2. The lowest BCUT2D eigenvalue weighted by atomic mass is 10.1. The molecule has 1 nitrogen and oxygen atoms in total. The number of hydrogen-bond donors (Lipinski definition) is 1. The van der Waals surface area contributed by atoms with Crippen molar-refractivity contribution in [3.8, 4) is 11.8 Å². The topological polar surface area (TPSA) is 20.2 Å². The maximum Gasteiger partial charge on any atom is 0.136 e. The van der Waals surface area contributed by atoms with E-state index in [-0.39, 0.29) is 18.2 Å². The first-order valence-corrected chi connectivity index (χ1v) is 7.45. The molecule has 4 heteroatoms. The number of rotatable bonds is 4. The zero-order valence-electron chi connectivity index (χ0n) is 11.3. The van der Waals surface area contributed by atoms with Gasteiger partial charge in [0.1, 0.15) is 11.6 Å². The molecule has 0 unspecified atom stereocenters. The fourth-order valence-corrected chi connectivity index (χ4v) is 2.61. The normalized spacial score (nSPS) is 10.0. The van der Waals surface area contributed by atoms with Crippen LogP contribution in [-0.4, -0.2) is 11.7 Å². The zero-order valence-corrected chi connectivity index (χ0v) is 12.1. The summed E-state index contributed by atoms with van der Waals surface area (Å²) in [5, 5.41) is 8.63. The minimum absolute atomic E-state index is 0.00710. The smallest absolute Gasteiger partial charge is 0.136 e. The SMILES string of the molecule is OCCC#Cc1ccc(CSc2ccccc2F)c(F)c1. The average Bonchev–Trinajstić information content (AvgIpc) is 2.48. The van der Waals surface area contributed by atoms with Gasteiger partial charge in [-0.1, -0.05) is 30.0 Å². The molecule has 0 amide bonds. The van der Waals surface area contributed by atoms with Crippen molar-refractivity contribution in [2.75, 3.05) is 6.61 Å². The van der Waals surface area contributed by atoms with E-state index in [2.05, 4.69) is 11.8 Å². The van der Waals surface area contributed by atoms with E-state index < -0.39 is 0 Å². The van der Waals surface area contributed by atoms with E-state index >= 15 is 0 Å². The highest BCUT2D eigenvalue weighted by atomic mass is 32.2. The molecular weight excluding hydrogens is 290 g/mol. The standard InChI is InChI=1S/C17H14F2OS/c18-15-6-1-2-7-17(15)21-12-14-9-8-13(11-16(14)19)5-3-4-10-20/h1-2,6-9,11,20H,4,10,12H2. The summed E-state index contributed by atoms with van der Waals surface area (Å²) in [5.41, 5.74) is 1.08. The van der Waals surface area contributed by atoms with E-state index in [0.29, 0.717) is 28.2 Å². The Kier molecular flexibility index (Phi) is 5.79. The van der Waals surface area contributed by atoms with E-state index in [1.807, 2.05) is 0 Å². The third-order valence-corrected chi connectivity index (χ3v) is 3.84. The third kappa shape index (κ3) is 4.59. The summed E-state index contributed by atoms with van der Waals surface area (Å²) >= 11 is 1.26. The Morgan fingerprint density at radius 3 is 2.57 bits per heavy atom. The Balaban J connectivity index is 2.05. The summed E-state index contributed by atoms with van der Waals surface area (Å²) in [4.78, 5) is 0.503. The lowest BCUT2D eigenvalue weighted by Gasteiger charge is -2.05. The van der Waals surface area contributed by atoms with E-state index in [0.717, 1.165) is 0 Å². The second-order valence-electron chi connectivity index (χ2n) is 4.30.